The second kappa shape index (κ2) is 4.31. The Hall–Kier alpha value is -0.600. The average Bonchev–Trinajstić information content (AvgIpc) is 2.07. The molecular weight excluding hydrogens is 138 g/mol. The third-order valence-electron chi connectivity index (χ3n) is 1.80. The Morgan fingerprint density at radius 2 is 2.45 bits per heavy atom. The average molecular weight is 153 g/mol. The molecule has 11 heavy (non-hydrogen) atoms. The standard InChI is InChI=1S/C9H15NO/c1-11-7-9(10)8-5-3-2-4-6-8/h3,5-6,9H,2,4,7,10H2,1H3. The SMILES string of the molecule is COCC(N)C1=CCCC=C1. The van der Waals surface area contributed by atoms with Crippen LogP contribution in [0.15, 0.2) is 23.8 Å². The zero-order valence-corrected chi connectivity index (χ0v) is 6.92. The van der Waals surface area contributed by atoms with Crippen LogP contribution in [0.4, 0.5) is 0 Å². The molecular formula is C9H15NO. The minimum Gasteiger partial charge on any atom is -0.383 e. The van der Waals surface area contributed by atoms with Crippen molar-refractivity contribution in [1.29, 1.82) is 0 Å². The van der Waals surface area contributed by atoms with Crippen LogP contribution in [0.5, 0.6) is 0 Å². The van der Waals surface area contributed by atoms with Gasteiger partial charge in [-0.2, -0.15) is 0 Å². The highest BCUT2D eigenvalue weighted by atomic mass is 16.5. The first-order valence-electron chi connectivity index (χ1n) is 3.95. The quantitative estimate of drug-likeness (QED) is 0.662. The van der Waals surface area contributed by atoms with E-state index < -0.39 is 0 Å². The highest BCUT2D eigenvalue weighted by Crippen LogP contribution is 2.11. The molecule has 0 bridgehead atoms. The van der Waals surface area contributed by atoms with Crippen LogP contribution in [-0.2, 0) is 4.74 Å². The van der Waals surface area contributed by atoms with Crippen LogP contribution < -0.4 is 5.73 Å². The van der Waals surface area contributed by atoms with Crippen molar-refractivity contribution in [1.82, 2.24) is 0 Å². The number of methoxy groups -OCH3 is 1. The molecule has 1 aliphatic rings. The van der Waals surface area contributed by atoms with Crippen molar-refractivity contribution in [3.05, 3.63) is 23.8 Å². The zero-order valence-electron chi connectivity index (χ0n) is 6.92. The highest BCUT2D eigenvalue weighted by Gasteiger charge is 2.06. The summed E-state index contributed by atoms with van der Waals surface area (Å²) in [5.41, 5.74) is 7.02. The number of rotatable bonds is 3. The normalized spacial score (nSPS) is 19.6. The van der Waals surface area contributed by atoms with Gasteiger partial charge in [0.1, 0.15) is 0 Å². The Bertz CT molecular complexity index is 172. The summed E-state index contributed by atoms with van der Waals surface area (Å²) in [6.45, 7) is 0.607. The van der Waals surface area contributed by atoms with Crippen LogP contribution in [0.1, 0.15) is 12.8 Å². The predicted molar refractivity (Wildman–Crippen MR) is 46.3 cm³/mol. The summed E-state index contributed by atoms with van der Waals surface area (Å²) in [6.07, 6.45) is 8.69. The molecule has 0 saturated heterocycles. The van der Waals surface area contributed by atoms with Gasteiger partial charge in [-0.3, -0.25) is 0 Å². The molecule has 2 heteroatoms. The van der Waals surface area contributed by atoms with E-state index in [1.54, 1.807) is 7.11 Å². The van der Waals surface area contributed by atoms with E-state index in [9.17, 15) is 0 Å². The second-order valence-corrected chi connectivity index (χ2v) is 2.75. The van der Waals surface area contributed by atoms with Crippen molar-refractivity contribution in [2.24, 2.45) is 5.73 Å². The van der Waals surface area contributed by atoms with E-state index in [1.807, 2.05) is 0 Å². The van der Waals surface area contributed by atoms with E-state index in [2.05, 4.69) is 18.2 Å². The van der Waals surface area contributed by atoms with Gasteiger partial charge in [0.2, 0.25) is 0 Å². The van der Waals surface area contributed by atoms with Crippen molar-refractivity contribution in [2.45, 2.75) is 18.9 Å². The minimum absolute atomic E-state index is 0.0524. The number of hydrogen-bond acceptors (Lipinski definition) is 2. The molecule has 0 aromatic heterocycles. The molecule has 2 nitrogen and oxygen atoms in total. The van der Waals surface area contributed by atoms with Gasteiger partial charge in [-0.1, -0.05) is 18.2 Å². The van der Waals surface area contributed by atoms with Crippen LogP contribution in [0.2, 0.25) is 0 Å². The molecule has 0 aromatic carbocycles. The van der Waals surface area contributed by atoms with E-state index in [-0.39, 0.29) is 6.04 Å². The lowest BCUT2D eigenvalue weighted by Gasteiger charge is -2.13. The van der Waals surface area contributed by atoms with Gasteiger partial charge >= 0.3 is 0 Å². The fourth-order valence-electron chi connectivity index (χ4n) is 1.18. The number of nitrogens with two attached hydrogens (primary N) is 1. The summed E-state index contributed by atoms with van der Waals surface area (Å²) in [5.74, 6) is 0. The number of hydrogen-bond donors (Lipinski definition) is 1. The van der Waals surface area contributed by atoms with Gasteiger partial charge in [0, 0.05) is 7.11 Å². The van der Waals surface area contributed by atoms with Gasteiger partial charge < -0.3 is 10.5 Å². The van der Waals surface area contributed by atoms with Crippen molar-refractivity contribution >= 4 is 0 Å². The molecule has 0 spiro atoms. The first kappa shape index (κ1) is 8.50. The lowest BCUT2D eigenvalue weighted by Crippen LogP contribution is -2.27. The van der Waals surface area contributed by atoms with Gasteiger partial charge in [0.15, 0.2) is 0 Å². The third-order valence-corrected chi connectivity index (χ3v) is 1.80. The van der Waals surface area contributed by atoms with E-state index >= 15 is 0 Å². The zero-order chi connectivity index (χ0) is 8.10. The fourth-order valence-corrected chi connectivity index (χ4v) is 1.18. The monoisotopic (exact) mass is 153 g/mol. The van der Waals surface area contributed by atoms with Gasteiger partial charge in [-0.15, -0.1) is 0 Å². The summed E-state index contributed by atoms with van der Waals surface area (Å²) < 4.78 is 4.96. The summed E-state index contributed by atoms with van der Waals surface area (Å²) in [4.78, 5) is 0. The summed E-state index contributed by atoms with van der Waals surface area (Å²) in [7, 11) is 1.67. The maximum atomic E-state index is 5.81. The third kappa shape index (κ3) is 2.48. The van der Waals surface area contributed by atoms with E-state index in [1.165, 1.54) is 5.57 Å². The maximum Gasteiger partial charge on any atom is 0.0655 e. The Labute approximate surface area is 67.7 Å². The lowest BCUT2D eigenvalue weighted by molar-refractivity contribution is 0.190. The van der Waals surface area contributed by atoms with Crippen LogP contribution in [-0.4, -0.2) is 19.8 Å². The van der Waals surface area contributed by atoms with Crippen molar-refractivity contribution in [3.8, 4) is 0 Å². The van der Waals surface area contributed by atoms with E-state index in [0.29, 0.717) is 6.61 Å². The Balaban J connectivity index is 2.45. The van der Waals surface area contributed by atoms with E-state index in [4.69, 9.17) is 10.5 Å². The number of allylic oxidation sites excluding steroid dienone is 2. The van der Waals surface area contributed by atoms with Crippen LogP contribution >= 0.6 is 0 Å². The van der Waals surface area contributed by atoms with E-state index in [0.717, 1.165) is 12.8 Å². The van der Waals surface area contributed by atoms with Gasteiger partial charge in [-0.05, 0) is 18.4 Å². The van der Waals surface area contributed by atoms with Crippen molar-refractivity contribution in [2.75, 3.05) is 13.7 Å². The molecule has 0 aliphatic heterocycles. The Kier molecular flexibility index (Phi) is 3.33. The topological polar surface area (TPSA) is 35.2 Å². The van der Waals surface area contributed by atoms with Crippen LogP contribution in [0.25, 0.3) is 0 Å². The molecule has 1 atom stereocenters. The first-order valence-corrected chi connectivity index (χ1v) is 3.95. The predicted octanol–water partition coefficient (Wildman–Crippen LogP) is 1.24. The molecule has 2 N–H and O–H groups in total. The summed E-state index contributed by atoms with van der Waals surface area (Å²) >= 11 is 0. The molecule has 0 saturated carbocycles. The molecule has 1 unspecified atom stereocenters. The molecule has 0 amide bonds. The molecule has 0 heterocycles. The molecule has 1 aliphatic carbocycles. The summed E-state index contributed by atoms with van der Waals surface area (Å²) in [5, 5.41) is 0. The number of ether oxygens (including phenoxy) is 1. The molecule has 0 radical (unpaired) electrons. The summed E-state index contributed by atoms with van der Waals surface area (Å²) in [6, 6.07) is 0.0524. The Morgan fingerprint density at radius 1 is 1.64 bits per heavy atom. The van der Waals surface area contributed by atoms with Gasteiger partial charge in [0.25, 0.3) is 0 Å². The lowest BCUT2D eigenvalue weighted by atomic mass is 10.0. The highest BCUT2D eigenvalue weighted by molar-refractivity contribution is 5.27. The van der Waals surface area contributed by atoms with Gasteiger partial charge in [-0.25, -0.2) is 0 Å². The van der Waals surface area contributed by atoms with Crippen LogP contribution in [0, 0.1) is 0 Å². The molecule has 1 rings (SSSR count). The molecule has 62 valence electrons. The molecule has 0 aromatic rings. The van der Waals surface area contributed by atoms with Crippen molar-refractivity contribution in [3.63, 3.8) is 0 Å². The Morgan fingerprint density at radius 3 is 3.00 bits per heavy atom. The maximum absolute atomic E-state index is 5.81. The first-order chi connectivity index (χ1) is 5.34. The molecule has 0 fully saturated rings. The van der Waals surface area contributed by atoms with Gasteiger partial charge in [0.05, 0.1) is 12.6 Å². The fraction of sp³-hybridized carbons (Fsp3) is 0.556. The largest absolute Gasteiger partial charge is 0.383 e. The smallest absolute Gasteiger partial charge is 0.0655 e. The second-order valence-electron chi connectivity index (χ2n) is 2.75. The van der Waals surface area contributed by atoms with Crippen molar-refractivity contribution < 1.29 is 4.74 Å². The minimum atomic E-state index is 0.0524. The van der Waals surface area contributed by atoms with Crippen LogP contribution in [0.3, 0.4) is 0 Å².